The number of hydrogen-bond donors (Lipinski definition) is 0. The predicted molar refractivity (Wildman–Crippen MR) is 441 cm³/mol. The highest BCUT2D eigenvalue weighted by atomic mass is 16.3. The minimum Gasteiger partial charge on any atom is -0.455 e. The normalized spacial score (nSPS) is 14.2. The van der Waals surface area contributed by atoms with Crippen molar-refractivity contribution in [3.63, 3.8) is 0 Å². The Kier molecular flexibility index (Phi) is 15.9. The molecule has 4 nitrogen and oxygen atoms in total. The van der Waals surface area contributed by atoms with Gasteiger partial charge in [-0.05, 0) is 190 Å². The molecule has 0 spiro atoms. The lowest BCUT2D eigenvalue weighted by molar-refractivity contribution is 0.589. The molecule has 0 bridgehead atoms. The van der Waals surface area contributed by atoms with Crippen molar-refractivity contribution in [1.29, 1.82) is 0 Å². The highest BCUT2D eigenvalue weighted by Crippen LogP contribution is 2.64. The molecule has 510 valence electrons. The summed E-state index contributed by atoms with van der Waals surface area (Å²) in [6, 6.07) is 111. The molecule has 103 heavy (non-hydrogen) atoms. The van der Waals surface area contributed by atoms with Crippen LogP contribution in [0.4, 0.5) is 51.2 Å². The SMILES string of the molecule is CC(C)(C)c1ccc(N(c2ccc(C(C)(C)C)cc2)c2ccc(C3(c4ccc(C(C)(C)C)cc4)c4cc(N(c5ccc(C(C)(C)C)cc5)c5cccc6ccccc56)c5ccccc5c4-c4c3cc(N(c3ccc(C(C)(C)C)cc3)c3cccc5ccccc35)c3c4oc4ccccc43)cc2)cc1. The van der Waals surface area contributed by atoms with E-state index >= 15 is 0 Å². The molecule has 16 rings (SSSR count). The summed E-state index contributed by atoms with van der Waals surface area (Å²) in [7, 11) is 0. The average Bonchev–Trinajstić information content (AvgIpc) is 1.51. The molecule has 0 N–H and O–H groups in total. The molecule has 1 heterocycles. The molecule has 0 saturated carbocycles. The summed E-state index contributed by atoms with van der Waals surface area (Å²) in [5.74, 6) is 0. The number of furan rings is 1. The quantitative estimate of drug-likeness (QED) is 0.129. The molecule has 14 aromatic carbocycles. The molecule has 1 unspecified atom stereocenters. The summed E-state index contributed by atoms with van der Waals surface area (Å²) >= 11 is 0. The second kappa shape index (κ2) is 24.7. The summed E-state index contributed by atoms with van der Waals surface area (Å²) in [6.07, 6.45) is 0. The van der Waals surface area contributed by atoms with Gasteiger partial charge < -0.3 is 19.1 Å². The van der Waals surface area contributed by atoms with Crippen molar-refractivity contribution in [2.24, 2.45) is 0 Å². The predicted octanol–water partition coefficient (Wildman–Crippen LogP) is 28.3. The van der Waals surface area contributed by atoms with Crippen LogP contribution in [0.25, 0.3) is 65.4 Å². The fraction of sp³-hybridized carbons (Fsp3) is 0.212. The zero-order chi connectivity index (χ0) is 71.7. The van der Waals surface area contributed by atoms with Crippen molar-refractivity contribution < 1.29 is 4.42 Å². The van der Waals surface area contributed by atoms with Crippen molar-refractivity contribution in [1.82, 2.24) is 0 Å². The second-order valence-electron chi connectivity index (χ2n) is 33.8. The van der Waals surface area contributed by atoms with Gasteiger partial charge in [-0.15, -0.1) is 0 Å². The van der Waals surface area contributed by atoms with Crippen LogP contribution in [0.5, 0.6) is 0 Å². The minimum atomic E-state index is -1.02. The van der Waals surface area contributed by atoms with E-state index in [9.17, 15) is 0 Å². The van der Waals surface area contributed by atoms with Crippen LogP contribution in [0.15, 0.2) is 296 Å². The maximum atomic E-state index is 7.81. The van der Waals surface area contributed by atoms with Gasteiger partial charge in [-0.3, -0.25) is 0 Å². The maximum Gasteiger partial charge on any atom is 0.145 e. The van der Waals surface area contributed by atoms with Crippen LogP contribution in [-0.4, -0.2) is 0 Å². The van der Waals surface area contributed by atoms with E-state index < -0.39 is 5.41 Å². The van der Waals surface area contributed by atoms with Gasteiger partial charge in [-0.25, -0.2) is 0 Å². The molecule has 4 heteroatoms. The molecule has 1 atom stereocenters. The van der Waals surface area contributed by atoms with Gasteiger partial charge >= 0.3 is 0 Å². The van der Waals surface area contributed by atoms with Gasteiger partial charge in [0, 0.05) is 55.5 Å². The highest BCUT2D eigenvalue weighted by molar-refractivity contribution is 6.23. The van der Waals surface area contributed by atoms with E-state index in [0.717, 1.165) is 117 Å². The Morgan fingerprint density at radius 2 is 0.563 bits per heavy atom. The summed E-state index contributed by atoms with van der Waals surface area (Å²) in [4.78, 5) is 7.53. The molecule has 15 aromatic rings. The largest absolute Gasteiger partial charge is 0.455 e. The molecule has 0 radical (unpaired) electrons. The average molecular weight is 1340 g/mol. The number of hydrogen-bond acceptors (Lipinski definition) is 4. The Balaban J connectivity index is 1.07. The summed E-state index contributed by atoms with van der Waals surface area (Å²) in [6.45, 7) is 34.5. The fourth-order valence-electron chi connectivity index (χ4n) is 16.2. The molecular formula is C99H93N3O. The van der Waals surface area contributed by atoms with Crippen LogP contribution in [0, 0.1) is 0 Å². The topological polar surface area (TPSA) is 22.9 Å². The molecule has 1 aromatic heterocycles. The van der Waals surface area contributed by atoms with Crippen LogP contribution < -0.4 is 14.7 Å². The minimum absolute atomic E-state index is 0.0166. The van der Waals surface area contributed by atoms with E-state index in [-0.39, 0.29) is 27.1 Å². The number of nitrogens with zero attached hydrogens (tertiary/aromatic N) is 3. The van der Waals surface area contributed by atoms with Crippen LogP contribution in [0.3, 0.4) is 0 Å². The Bertz CT molecular complexity index is 5660. The zero-order valence-electron chi connectivity index (χ0n) is 62.5. The number of fused-ring (bicyclic) bond motifs is 11. The van der Waals surface area contributed by atoms with Crippen molar-refractivity contribution in [2.45, 2.75) is 136 Å². The van der Waals surface area contributed by atoms with E-state index in [2.05, 4.69) is 410 Å². The van der Waals surface area contributed by atoms with Gasteiger partial charge in [0.1, 0.15) is 11.2 Å². The monoisotopic (exact) mass is 1340 g/mol. The maximum absolute atomic E-state index is 7.81. The highest BCUT2D eigenvalue weighted by Gasteiger charge is 2.50. The first-order chi connectivity index (χ1) is 49.2. The fourth-order valence-corrected chi connectivity index (χ4v) is 16.2. The zero-order valence-corrected chi connectivity index (χ0v) is 62.5. The first-order valence-corrected chi connectivity index (χ1v) is 36.8. The molecule has 0 saturated heterocycles. The molecular weight excluding hydrogens is 1250 g/mol. The lowest BCUT2D eigenvalue weighted by Gasteiger charge is -2.37. The smallest absolute Gasteiger partial charge is 0.145 e. The van der Waals surface area contributed by atoms with Gasteiger partial charge in [-0.1, -0.05) is 304 Å². The third-order valence-corrected chi connectivity index (χ3v) is 21.9. The Labute approximate surface area is 609 Å². The Morgan fingerprint density at radius 1 is 0.252 bits per heavy atom. The summed E-state index contributed by atoms with van der Waals surface area (Å²) in [5, 5.41) is 9.04. The van der Waals surface area contributed by atoms with Gasteiger partial charge in [0.05, 0.1) is 33.6 Å². The van der Waals surface area contributed by atoms with Gasteiger partial charge in [0.2, 0.25) is 0 Å². The summed E-state index contributed by atoms with van der Waals surface area (Å²) < 4.78 is 7.81. The van der Waals surface area contributed by atoms with Crippen LogP contribution in [0.1, 0.15) is 154 Å². The molecule has 1 aliphatic rings. The van der Waals surface area contributed by atoms with Crippen LogP contribution >= 0.6 is 0 Å². The van der Waals surface area contributed by atoms with Gasteiger partial charge in [-0.2, -0.15) is 0 Å². The van der Waals surface area contributed by atoms with Gasteiger partial charge in [0.15, 0.2) is 0 Å². The van der Waals surface area contributed by atoms with Crippen molar-refractivity contribution in [2.75, 3.05) is 14.7 Å². The first kappa shape index (κ1) is 66.6. The number of para-hydroxylation sites is 1. The van der Waals surface area contributed by atoms with E-state index in [1.165, 1.54) is 49.5 Å². The Hall–Kier alpha value is -10.9. The first-order valence-electron chi connectivity index (χ1n) is 36.8. The van der Waals surface area contributed by atoms with E-state index in [0.29, 0.717) is 0 Å². The number of benzene rings is 14. The Morgan fingerprint density at radius 3 is 0.990 bits per heavy atom. The number of anilines is 9. The molecule has 1 aliphatic carbocycles. The standard InChI is InChI=1S/C99H93N3O/c1-94(2,3)66-38-40-71(41-39-66)99(72-50-60-75(61-51-72)100(73-52-42-67(43-53-73)95(4,5)6)74-54-44-68(45-55-74)96(7,8)9)83-62-87(101(76-56-46-69(47-57-76)97(10,11)12)85-35-24-28-64-26-16-18-30-78(64)85)80-32-20-21-33-81(80)90(83)92-84(99)63-88(91-82-34-22-23-37-89(82)103-93(91)92)102(77-58-48-70(49-59-77)98(13,14)15)86-36-25-29-65-27-17-19-31-79(65)86/h16-63H,1-15H3. The van der Waals surface area contributed by atoms with E-state index in [1.54, 1.807) is 0 Å². The number of rotatable bonds is 11. The van der Waals surface area contributed by atoms with E-state index in [1.807, 2.05) is 0 Å². The third kappa shape index (κ3) is 11.5. The molecule has 0 fully saturated rings. The molecule has 0 amide bonds. The molecule has 0 aliphatic heterocycles. The summed E-state index contributed by atoms with van der Waals surface area (Å²) in [5.41, 5.74) is 23.3. The van der Waals surface area contributed by atoms with Crippen molar-refractivity contribution >= 4 is 105 Å². The van der Waals surface area contributed by atoms with Crippen LogP contribution in [0.2, 0.25) is 0 Å². The van der Waals surface area contributed by atoms with E-state index in [4.69, 9.17) is 4.42 Å². The second-order valence-corrected chi connectivity index (χ2v) is 33.8. The van der Waals surface area contributed by atoms with Crippen molar-refractivity contribution in [3.05, 3.63) is 341 Å². The lowest BCUT2D eigenvalue weighted by atomic mass is 9.66. The van der Waals surface area contributed by atoms with Gasteiger partial charge in [0.25, 0.3) is 0 Å². The third-order valence-electron chi connectivity index (χ3n) is 21.9. The lowest BCUT2D eigenvalue weighted by Crippen LogP contribution is -2.29. The van der Waals surface area contributed by atoms with Crippen LogP contribution in [-0.2, 0) is 32.5 Å². The van der Waals surface area contributed by atoms with Crippen molar-refractivity contribution in [3.8, 4) is 11.1 Å².